The summed E-state index contributed by atoms with van der Waals surface area (Å²) in [6, 6.07) is 14.1. The van der Waals surface area contributed by atoms with Gasteiger partial charge in [0.15, 0.2) is 11.5 Å². The highest BCUT2D eigenvalue weighted by Crippen LogP contribution is 2.31. The van der Waals surface area contributed by atoms with E-state index in [1.165, 1.54) is 0 Å². The monoisotopic (exact) mass is 365 g/mol. The largest absolute Gasteiger partial charge is 0.493 e. The van der Waals surface area contributed by atoms with Gasteiger partial charge in [0, 0.05) is 18.7 Å². The summed E-state index contributed by atoms with van der Waals surface area (Å²) in [7, 11) is 1.36. The molecule has 136 valence electrons. The van der Waals surface area contributed by atoms with Crippen LogP contribution in [0.4, 0.5) is 0 Å². The van der Waals surface area contributed by atoms with Crippen LogP contribution in [0.2, 0.25) is 0 Å². The van der Waals surface area contributed by atoms with Gasteiger partial charge in [-0.05, 0) is 25.2 Å². The van der Waals surface area contributed by atoms with Gasteiger partial charge in [-0.3, -0.25) is 0 Å². The van der Waals surface area contributed by atoms with Crippen molar-refractivity contribution in [3.8, 4) is 17.2 Å². The van der Waals surface area contributed by atoms with Crippen LogP contribution in [-0.2, 0) is 16.7 Å². The predicted octanol–water partition coefficient (Wildman–Crippen LogP) is 2.54. The highest BCUT2D eigenvalue weighted by atomic mass is 32.2. The zero-order valence-corrected chi connectivity index (χ0v) is 15.5. The Bertz CT molecular complexity index is 777. The van der Waals surface area contributed by atoms with Crippen LogP contribution in [0.5, 0.6) is 17.2 Å². The summed E-state index contributed by atoms with van der Waals surface area (Å²) in [6.07, 6.45) is 0. The standard InChI is InChI=1S/C18H23NO5S/c1-19(14-15-8-7-11-17(22-2)18(15)23-3)12-13-25(20,21)24-16-9-5-4-6-10-16/h4-11H,12-14H2,1-3H3. The lowest BCUT2D eigenvalue weighted by Crippen LogP contribution is -2.27. The molecule has 0 amide bonds. The Morgan fingerprint density at radius 1 is 0.960 bits per heavy atom. The second-order valence-electron chi connectivity index (χ2n) is 5.55. The van der Waals surface area contributed by atoms with Crippen molar-refractivity contribution in [3.63, 3.8) is 0 Å². The molecule has 0 spiro atoms. The van der Waals surface area contributed by atoms with Crippen LogP contribution in [0.1, 0.15) is 5.56 Å². The SMILES string of the molecule is COc1cccc(CN(C)CCS(=O)(=O)Oc2ccccc2)c1OC. The number of nitrogens with zero attached hydrogens (tertiary/aromatic N) is 1. The summed E-state index contributed by atoms with van der Waals surface area (Å²) in [5, 5.41) is 0. The molecule has 7 heteroatoms. The van der Waals surface area contributed by atoms with Crippen LogP contribution in [0.3, 0.4) is 0 Å². The van der Waals surface area contributed by atoms with Gasteiger partial charge in [-0.2, -0.15) is 8.42 Å². The zero-order valence-electron chi connectivity index (χ0n) is 14.6. The Labute approximate surface area is 149 Å². The maximum atomic E-state index is 12.1. The smallest absolute Gasteiger partial charge is 0.310 e. The van der Waals surface area contributed by atoms with E-state index in [9.17, 15) is 8.42 Å². The topological polar surface area (TPSA) is 65.1 Å². The molecule has 0 unspecified atom stereocenters. The minimum atomic E-state index is -3.65. The fourth-order valence-electron chi connectivity index (χ4n) is 2.38. The summed E-state index contributed by atoms with van der Waals surface area (Å²) < 4.78 is 39.9. The Kier molecular flexibility index (Phi) is 6.66. The predicted molar refractivity (Wildman–Crippen MR) is 96.7 cm³/mol. The average Bonchev–Trinajstić information content (AvgIpc) is 2.60. The third-order valence-corrected chi connectivity index (χ3v) is 4.74. The van der Waals surface area contributed by atoms with Crippen molar-refractivity contribution in [3.05, 3.63) is 54.1 Å². The number of hydrogen-bond acceptors (Lipinski definition) is 6. The van der Waals surface area contributed by atoms with Gasteiger partial charge in [-0.15, -0.1) is 0 Å². The molecule has 0 heterocycles. The Hall–Kier alpha value is -2.25. The molecular weight excluding hydrogens is 342 g/mol. The van der Waals surface area contributed by atoms with Crippen molar-refractivity contribution in [2.75, 3.05) is 33.6 Å². The lowest BCUT2D eigenvalue weighted by atomic mass is 10.1. The van der Waals surface area contributed by atoms with Gasteiger partial charge in [-0.1, -0.05) is 30.3 Å². The second-order valence-corrected chi connectivity index (χ2v) is 7.24. The molecule has 25 heavy (non-hydrogen) atoms. The lowest BCUT2D eigenvalue weighted by molar-refractivity contribution is 0.319. The van der Waals surface area contributed by atoms with Gasteiger partial charge in [0.1, 0.15) is 5.75 Å². The first-order valence-corrected chi connectivity index (χ1v) is 9.38. The van der Waals surface area contributed by atoms with Crippen LogP contribution >= 0.6 is 0 Å². The van der Waals surface area contributed by atoms with Crippen molar-refractivity contribution in [2.45, 2.75) is 6.54 Å². The van der Waals surface area contributed by atoms with Crippen LogP contribution in [0.25, 0.3) is 0 Å². The van der Waals surface area contributed by atoms with Gasteiger partial charge >= 0.3 is 10.1 Å². The number of rotatable bonds is 9. The lowest BCUT2D eigenvalue weighted by Gasteiger charge is -2.19. The molecule has 0 bridgehead atoms. The average molecular weight is 365 g/mol. The van der Waals surface area contributed by atoms with E-state index in [1.54, 1.807) is 44.6 Å². The first-order chi connectivity index (χ1) is 11.9. The molecule has 0 aliphatic rings. The normalized spacial score (nSPS) is 11.4. The molecule has 0 aliphatic carbocycles. The highest BCUT2D eigenvalue weighted by molar-refractivity contribution is 7.87. The third-order valence-electron chi connectivity index (χ3n) is 3.61. The van der Waals surface area contributed by atoms with Crippen molar-refractivity contribution in [1.29, 1.82) is 0 Å². The Balaban J connectivity index is 1.95. The molecule has 0 N–H and O–H groups in total. The summed E-state index contributed by atoms with van der Waals surface area (Å²) in [4.78, 5) is 1.89. The van der Waals surface area contributed by atoms with Gasteiger partial charge in [0.05, 0.1) is 20.0 Å². The molecule has 0 aromatic heterocycles. The molecule has 2 aromatic rings. The van der Waals surface area contributed by atoms with E-state index < -0.39 is 10.1 Å². The molecule has 0 atom stereocenters. The second kappa shape index (κ2) is 8.73. The van der Waals surface area contributed by atoms with Crippen molar-refractivity contribution in [1.82, 2.24) is 4.90 Å². The van der Waals surface area contributed by atoms with E-state index in [0.29, 0.717) is 30.3 Å². The molecule has 2 rings (SSSR count). The Morgan fingerprint density at radius 3 is 2.32 bits per heavy atom. The van der Waals surface area contributed by atoms with Crippen molar-refractivity contribution in [2.24, 2.45) is 0 Å². The zero-order chi connectivity index (χ0) is 18.3. The van der Waals surface area contributed by atoms with Crippen LogP contribution in [0.15, 0.2) is 48.5 Å². The number of methoxy groups -OCH3 is 2. The number of benzene rings is 2. The van der Waals surface area contributed by atoms with Gasteiger partial charge < -0.3 is 18.6 Å². The molecule has 6 nitrogen and oxygen atoms in total. The molecule has 0 aliphatic heterocycles. The van der Waals surface area contributed by atoms with Crippen molar-refractivity contribution >= 4 is 10.1 Å². The third kappa shape index (κ3) is 5.65. The number of ether oxygens (including phenoxy) is 2. The van der Waals surface area contributed by atoms with Crippen LogP contribution in [0, 0.1) is 0 Å². The maximum absolute atomic E-state index is 12.1. The molecule has 0 saturated carbocycles. The van der Waals surface area contributed by atoms with Crippen LogP contribution < -0.4 is 13.7 Å². The van der Waals surface area contributed by atoms with Gasteiger partial charge in [-0.25, -0.2) is 0 Å². The minimum absolute atomic E-state index is 0.106. The van der Waals surface area contributed by atoms with E-state index in [4.69, 9.17) is 13.7 Å². The van der Waals surface area contributed by atoms with Gasteiger partial charge in [0.2, 0.25) is 0 Å². The fourth-order valence-corrected chi connectivity index (χ4v) is 3.40. The fraction of sp³-hybridized carbons (Fsp3) is 0.333. The number of para-hydroxylation sites is 2. The van der Waals surface area contributed by atoms with E-state index in [2.05, 4.69) is 0 Å². The van der Waals surface area contributed by atoms with E-state index >= 15 is 0 Å². The van der Waals surface area contributed by atoms with Crippen LogP contribution in [-0.4, -0.2) is 46.9 Å². The van der Waals surface area contributed by atoms with E-state index in [-0.39, 0.29) is 5.75 Å². The molecule has 0 radical (unpaired) electrons. The minimum Gasteiger partial charge on any atom is -0.493 e. The quantitative estimate of drug-likeness (QED) is 0.636. The first-order valence-electron chi connectivity index (χ1n) is 7.81. The van der Waals surface area contributed by atoms with Crippen molar-refractivity contribution < 1.29 is 22.1 Å². The van der Waals surface area contributed by atoms with Gasteiger partial charge in [0.25, 0.3) is 0 Å². The molecule has 0 fully saturated rings. The van der Waals surface area contributed by atoms with E-state index in [0.717, 1.165) is 5.56 Å². The summed E-state index contributed by atoms with van der Waals surface area (Å²) in [6.45, 7) is 0.858. The molecule has 0 saturated heterocycles. The summed E-state index contributed by atoms with van der Waals surface area (Å²) >= 11 is 0. The summed E-state index contributed by atoms with van der Waals surface area (Å²) in [5.74, 6) is 1.51. The summed E-state index contributed by atoms with van der Waals surface area (Å²) in [5.41, 5.74) is 0.922. The van der Waals surface area contributed by atoms with E-state index in [1.807, 2.05) is 30.1 Å². The molecule has 2 aromatic carbocycles. The first kappa shape index (κ1) is 19.1. The molecular formula is C18H23NO5S. The maximum Gasteiger partial charge on any atom is 0.310 e. The highest BCUT2D eigenvalue weighted by Gasteiger charge is 2.16. The number of hydrogen-bond donors (Lipinski definition) is 0. The Morgan fingerprint density at radius 2 is 1.68 bits per heavy atom.